The van der Waals surface area contributed by atoms with Crippen LogP contribution in [0.25, 0.3) is 0 Å². The van der Waals surface area contributed by atoms with Crippen molar-refractivity contribution in [2.75, 3.05) is 18.5 Å². The van der Waals surface area contributed by atoms with E-state index in [-0.39, 0.29) is 0 Å². The summed E-state index contributed by atoms with van der Waals surface area (Å²) in [7, 11) is 2.09. The molecular formula is C18H30N2O. The van der Waals surface area contributed by atoms with E-state index in [9.17, 15) is 5.11 Å². The number of pyridine rings is 1. The molecule has 0 fully saturated rings. The van der Waals surface area contributed by atoms with Crippen molar-refractivity contribution in [2.45, 2.75) is 71.6 Å². The van der Waals surface area contributed by atoms with E-state index in [2.05, 4.69) is 18.9 Å². The molecule has 2 heterocycles. The summed E-state index contributed by atoms with van der Waals surface area (Å²) in [6.07, 6.45) is 11.0. The normalized spacial score (nSPS) is 13.8. The number of likely N-dealkylation sites (N-methyl/N-ethyl adjacent to an activating group) is 1. The highest BCUT2D eigenvalue weighted by atomic mass is 16.3. The summed E-state index contributed by atoms with van der Waals surface area (Å²) in [6.45, 7) is 5.30. The first-order valence-electron chi connectivity index (χ1n) is 8.57. The van der Waals surface area contributed by atoms with Crippen LogP contribution in [-0.4, -0.2) is 23.7 Å². The molecule has 118 valence electrons. The van der Waals surface area contributed by atoms with Gasteiger partial charge in [-0.1, -0.05) is 45.4 Å². The number of rotatable bonds is 8. The van der Waals surface area contributed by atoms with Crippen molar-refractivity contribution in [2.24, 2.45) is 0 Å². The minimum absolute atomic E-state index is 0.440. The third kappa shape index (κ3) is 3.90. The van der Waals surface area contributed by atoms with Crippen molar-refractivity contribution in [3.05, 3.63) is 16.8 Å². The van der Waals surface area contributed by atoms with Crippen LogP contribution in [0.3, 0.4) is 0 Å². The molecule has 0 atom stereocenters. The quantitative estimate of drug-likeness (QED) is 0.722. The number of fused-ring (bicyclic) bond motifs is 1. The van der Waals surface area contributed by atoms with Gasteiger partial charge in [0, 0.05) is 19.2 Å². The highest BCUT2D eigenvalue weighted by molar-refractivity contribution is 5.59. The van der Waals surface area contributed by atoms with Crippen LogP contribution in [0.15, 0.2) is 0 Å². The van der Waals surface area contributed by atoms with Crippen LogP contribution in [0.2, 0.25) is 0 Å². The fourth-order valence-electron chi connectivity index (χ4n) is 3.20. The number of unbranched alkanes of at least 4 members (excludes halogenated alkanes) is 6. The summed E-state index contributed by atoms with van der Waals surface area (Å²) < 4.78 is 0. The number of aromatic nitrogens is 1. The Morgan fingerprint density at radius 3 is 2.48 bits per heavy atom. The Kier molecular flexibility index (Phi) is 5.89. The summed E-state index contributed by atoms with van der Waals surface area (Å²) in [5, 5.41) is 10.3. The smallest absolute Gasteiger partial charge is 0.140 e. The van der Waals surface area contributed by atoms with Crippen molar-refractivity contribution in [1.29, 1.82) is 0 Å². The van der Waals surface area contributed by atoms with Gasteiger partial charge >= 0.3 is 0 Å². The Hall–Kier alpha value is -1.25. The average Bonchev–Trinajstić information content (AvgIpc) is 2.84. The second-order valence-electron chi connectivity index (χ2n) is 6.38. The lowest BCUT2D eigenvalue weighted by molar-refractivity contribution is 0.456. The maximum absolute atomic E-state index is 10.3. The van der Waals surface area contributed by atoms with Crippen molar-refractivity contribution in [1.82, 2.24) is 4.98 Å². The Morgan fingerprint density at radius 2 is 1.76 bits per heavy atom. The standard InChI is InChI=1S/C18H30N2O/c1-4-5-6-7-8-9-10-11-16-17(21)14(2)15-12-13-20(3)18(15)19-16/h21H,4-13H2,1-3H3. The van der Waals surface area contributed by atoms with Gasteiger partial charge in [-0.25, -0.2) is 4.98 Å². The lowest BCUT2D eigenvalue weighted by Gasteiger charge is -2.15. The number of aryl methyl sites for hydroxylation is 1. The predicted molar refractivity (Wildman–Crippen MR) is 89.3 cm³/mol. The van der Waals surface area contributed by atoms with E-state index in [1.54, 1.807) is 0 Å². The third-order valence-electron chi connectivity index (χ3n) is 4.67. The Balaban J connectivity index is 1.86. The molecule has 0 saturated carbocycles. The first-order valence-corrected chi connectivity index (χ1v) is 8.57. The second kappa shape index (κ2) is 7.67. The summed E-state index contributed by atoms with van der Waals surface area (Å²) in [6, 6.07) is 0. The van der Waals surface area contributed by atoms with Gasteiger partial charge in [0.25, 0.3) is 0 Å². The van der Waals surface area contributed by atoms with E-state index >= 15 is 0 Å². The Morgan fingerprint density at radius 1 is 1.10 bits per heavy atom. The van der Waals surface area contributed by atoms with Crippen molar-refractivity contribution in [3.8, 4) is 5.75 Å². The van der Waals surface area contributed by atoms with Gasteiger partial charge in [0.15, 0.2) is 0 Å². The van der Waals surface area contributed by atoms with E-state index in [1.807, 2.05) is 6.92 Å². The molecule has 0 spiro atoms. The molecule has 1 N–H and O–H groups in total. The van der Waals surface area contributed by atoms with Gasteiger partial charge in [0.05, 0.1) is 5.69 Å². The molecule has 0 bridgehead atoms. The molecule has 21 heavy (non-hydrogen) atoms. The molecule has 1 aromatic rings. The lowest BCUT2D eigenvalue weighted by atomic mass is 10.0. The average molecular weight is 290 g/mol. The molecule has 0 unspecified atom stereocenters. The van der Waals surface area contributed by atoms with Crippen LogP contribution < -0.4 is 4.90 Å². The van der Waals surface area contributed by atoms with Crippen LogP contribution in [0.4, 0.5) is 5.82 Å². The molecule has 0 saturated heterocycles. The highest BCUT2D eigenvalue weighted by Crippen LogP contribution is 2.35. The lowest BCUT2D eigenvalue weighted by Crippen LogP contribution is -2.14. The van der Waals surface area contributed by atoms with Gasteiger partial charge in [-0.15, -0.1) is 0 Å². The van der Waals surface area contributed by atoms with Gasteiger partial charge in [-0.3, -0.25) is 0 Å². The van der Waals surface area contributed by atoms with Crippen molar-refractivity contribution < 1.29 is 5.11 Å². The van der Waals surface area contributed by atoms with Crippen LogP contribution in [-0.2, 0) is 12.8 Å². The summed E-state index contributed by atoms with van der Waals surface area (Å²) in [4.78, 5) is 6.92. The minimum Gasteiger partial charge on any atom is -0.506 e. The minimum atomic E-state index is 0.440. The van der Waals surface area contributed by atoms with E-state index in [0.29, 0.717) is 5.75 Å². The molecule has 1 aromatic heterocycles. The number of nitrogens with zero attached hydrogens (tertiary/aromatic N) is 2. The molecule has 3 heteroatoms. The molecule has 0 aromatic carbocycles. The first kappa shape index (κ1) is 16.1. The molecular weight excluding hydrogens is 260 g/mol. The molecule has 1 aliphatic rings. The van der Waals surface area contributed by atoms with E-state index in [4.69, 9.17) is 4.98 Å². The Labute approximate surface area is 129 Å². The molecule has 0 radical (unpaired) electrons. The third-order valence-corrected chi connectivity index (χ3v) is 4.67. The Bertz CT molecular complexity index is 471. The van der Waals surface area contributed by atoms with Gasteiger partial charge in [0.1, 0.15) is 11.6 Å². The van der Waals surface area contributed by atoms with Gasteiger partial charge < -0.3 is 10.0 Å². The van der Waals surface area contributed by atoms with E-state index < -0.39 is 0 Å². The van der Waals surface area contributed by atoms with Crippen LogP contribution in [0, 0.1) is 6.92 Å². The van der Waals surface area contributed by atoms with E-state index in [1.165, 1.54) is 44.1 Å². The van der Waals surface area contributed by atoms with Crippen LogP contribution in [0.5, 0.6) is 5.75 Å². The predicted octanol–water partition coefficient (Wildman–Crippen LogP) is 4.38. The molecule has 1 aliphatic heterocycles. The summed E-state index contributed by atoms with van der Waals surface area (Å²) in [5.41, 5.74) is 3.18. The van der Waals surface area contributed by atoms with E-state index in [0.717, 1.165) is 42.9 Å². The second-order valence-corrected chi connectivity index (χ2v) is 6.38. The number of hydrogen-bond donors (Lipinski definition) is 1. The largest absolute Gasteiger partial charge is 0.506 e. The topological polar surface area (TPSA) is 36.4 Å². The summed E-state index contributed by atoms with van der Waals surface area (Å²) in [5.74, 6) is 1.53. The SMILES string of the molecule is CCCCCCCCCc1nc2c(c(C)c1O)CCN2C. The first-order chi connectivity index (χ1) is 10.1. The van der Waals surface area contributed by atoms with Crippen LogP contribution >= 0.6 is 0 Å². The molecule has 2 rings (SSSR count). The van der Waals surface area contributed by atoms with Crippen molar-refractivity contribution in [3.63, 3.8) is 0 Å². The van der Waals surface area contributed by atoms with Gasteiger partial charge in [0.2, 0.25) is 0 Å². The molecule has 0 aliphatic carbocycles. The number of aromatic hydroxyl groups is 1. The maximum Gasteiger partial charge on any atom is 0.140 e. The monoisotopic (exact) mass is 290 g/mol. The highest BCUT2D eigenvalue weighted by Gasteiger charge is 2.23. The van der Waals surface area contributed by atoms with Gasteiger partial charge in [-0.05, 0) is 31.7 Å². The maximum atomic E-state index is 10.3. The zero-order chi connectivity index (χ0) is 15.2. The number of anilines is 1. The molecule has 0 amide bonds. The number of hydrogen-bond acceptors (Lipinski definition) is 3. The summed E-state index contributed by atoms with van der Waals surface area (Å²) >= 11 is 0. The zero-order valence-corrected chi connectivity index (χ0v) is 13.9. The fraction of sp³-hybridized carbons (Fsp3) is 0.722. The fourth-order valence-corrected chi connectivity index (χ4v) is 3.20. The van der Waals surface area contributed by atoms with Gasteiger partial charge in [-0.2, -0.15) is 0 Å². The van der Waals surface area contributed by atoms with Crippen molar-refractivity contribution >= 4 is 5.82 Å². The van der Waals surface area contributed by atoms with Crippen LogP contribution in [0.1, 0.15) is 68.7 Å². The molecule has 3 nitrogen and oxygen atoms in total. The zero-order valence-electron chi connectivity index (χ0n) is 13.9.